The molecule has 1 aliphatic carbocycles. The third kappa shape index (κ3) is 5.59. The Morgan fingerprint density at radius 3 is 2.48 bits per heavy atom. The molecule has 1 unspecified atom stereocenters. The number of nitrogens with zero attached hydrogens (tertiary/aromatic N) is 1. The van der Waals surface area contributed by atoms with Crippen LogP contribution in [0.15, 0.2) is 0 Å². The van der Waals surface area contributed by atoms with Gasteiger partial charge in [0.25, 0.3) is 0 Å². The molecule has 2 rings (SSSR count). The van der Waals surface area contributed by atoms with Gasteiger partial charge in [-0.05, 0) is 57.3 Å². The minimum atomic E-state index is 0. The summed E-state index contributed by atoms with van der Waals surface area (Å²) in [5, 5.41) is 6.52. The molecule has 0 aromatic heterocycles. The number of likely N-dealkylation sites (N-methyl/N-ethyl adjacent to an activating group) is 1. The number of amides is 1. The summed E-state index contributed by atoms with van der Waals surface area (Å²) in [6.45, 7) is 10.5. The van der Waals surface area contributed by atoms with Crippen molar-refractivity contribution in [1.82, 2.24) is 15.5 Å². The first-order chi connectivity index (χ1) is 9.22. The zero-order chi connectivity index (χ0) is 13.7. The smallest absolute Gasteiger partial charge is 0.223 e. The molecule has 1 amide bonds. The summed E-state index contributed by atoms with van der Waals surface area (Å²) in [6.07, 6.45) is 4.66. The zero-order valence-corrected chi connectivity index (χ0v) is 15.0. The first kappa shape index (κ1) is 21.0. The fourth-order valence-corrected chi connectivity index (χ4v) is 3.40. The van der Waals surface area contributed by atoms with E-state index in [0.717, 1.165) is 45.7 Å². The maximum Gasteiger partial charge on any atom is 0.223 e. The van der Waals surface area contributed by atoms with E-state index < -0.39 is 0 Å². The molecule has 21 heavy (non-hydrogen) atoms. The number of hydrogen-bond donors (Lipinski definition) is 2. The fourth-order valence-electron chi connectivity index (χ4n) is 3.40. The second-order valence-corrected chi connectivity index (χ2v) is 6.09. The van der Waals surface area contributed by atoms with Gasteiger partial charge < -0.3 is 15.5 Å². The second-order valence-electron chi connectivity index (χ2n) is 6.09. The van der Waals surface area contributed by atoms with Crippen molar-refractivity contribution in [3.63, 3.8) is 0 Å². The van der Waals surface area contributed by atoms with Crippen LogP contribution in [0.1, 0.15) is 39.5 Å². The van der Waals surface area contributed by atoms with E-state index in [1.165, 1.54) is 19.3 Å². The molecule has 2 N–H and O–H groups in total. The highest BCUT2D eigenvalue weighted by Crippen LogP contribution is 2.58. The highest BCUT2D eigenvalue weighted by molar-refractivity contribution is 5.85. The van der Waals surface area contributed by atoms with Gasteiger partial charge in [-0.15, -0.1) is 24.8 Å². The first-order valence-electron chi connectivity index (χ1n) is 7.92. The molecule has 2 fully saturated rings. The summed E-state index contributed by atoms with van der Waals surface area (Å²) in [6, 6.07) is 0. The fraction of sp³-hybridized carbons (Fsp3) is 0.933. The van der Waals surface area contributed by atoms with Crippen LogP contribution < -0.4 is 10.6 Å². The zero-order valence-electron chi connectivity index (χ0n) is 13.3. The van der Waals surface area contributed by atoms with Crippen molar-refractivity contribution in [2.75, 3.05) is 39.3 Å². The Hall–Kier alpha value is -0.0300. The van der Waals surface area contributed by atoms with Gasteiger partial charge in [0.2, 0.25) is 5.91 Å². The van der Waals surface area contributed by atoms with Gasteiger partial charge in [-0.2, -0.15) is 0 Å². The highest BCUT2D eigenvalue weighted by Gasteiger charge is 2.57. The van der Waals surface area contributed by atoms with Crippen molar-refractivity contribution in [2.24, 2.45) is 11.3 Å². The maximum absolute atomic E-state index is 12.2. The van der Waals surface area contributed by atoms with Crippen LogP contribution in [0.25, 0.3) is 0 Å². The molecular formula is C15H31Cl2N3O. The molecule has 0 aromatic rings. The van der Waals surface area contributed by atoms with Gasteiger partial charge in [0.05, 0.1) is 0 Å². The van der Waals surface area contributed by atoms with Crippen molar-refractivity contribution >= 4 is 30.7 Å². The average molecular weight is 340 g/mol. The summed E-state index contributed by atoms with van der Waals surface area (Å²) in [5.41, 5.74) is 0.364. The molecule has 1 saturated heterocycles. The number of nitrogens with one attached hydrogen (secondary N) is 2. The molecule has 4 nitrogen and oxygen atoms in total. The lowest BCUT2D eigenvalue weighted by Gasteiger charge is -2.23. The first-order valence-corrected chi connectivity index (χ1v) is 7.92. The summed E-state index contributed by atoms with van der Waals surface area (Å²) in [4.78, 5) is 14.6. The standard InChI is InChI=1S/C15H29N3O.2ClH/c1-3-10-18(4-2)11-9-17-14(19)13-12-15(13)5-7-16-8-6-15;;/h13,16H,3-12H2,1-2H3,(H,17,19);2*1H. The predicted octanol–water partition coefficient (Wildman–Crippen LogP) is 2.07. The quantitative estimate of drug-likeness (QED) is 0.746. The molecule has 0 aromatic carbocycles. The van der Waals surface area contributed by atoms with Crippen LogP contribution in [0.3, 0.4) is 0 Å². The van der Waals surface area contributed by atoms with Gasteiger partial charge in [0, 0.05) is 19.0 Å². The molecule has 1 aliphatic heterocycles. The SMILES string of the molecule is CCCN(CC)CCNC(=O)C1CC12CCNCC2.Cl.Cl. The predicted molar refractivity (Wildman–Crippen MR) is 92.6 cm³/mol. The van der Waals surface area contributed by atoms with Crippen molar-refractivity contribution in [2.45, 2.75) is 39.5 Å². The van der Waals surface area contributed by atoms with Crippen molar-refractivity contribution in [1.29, 1.82) is 0 Å². The normalized spacial score (nSPS) is 22.3. The van der Waals surface area contributed by atoms with E-state index in [4.69, 9.17) is 0 Å². The van der Waals surface area contributed by atoms with E-state index in [9.17, 15) is 4.79 Å². The molecular weight excluding hydrogens is 309 g/mol. The largest absolute Gasteiger partial charge is 0.355 e. The van der Waals surface area contributed by atoms with Crippen LogP contribution in [0.4, 0.5) is 0 Å². The van der Waals surface area contributed by atoms with Gasteiger partial charge in [-0.1, -0.05) is 13.8 Å². The topological polar surface area (TPSA) is 44.4 Å². The summed E-state index contributed by atoms with van der Waals surface area (Å²) >= 11 is 0. The van der Waals surface area contributed by atoms with Gasteiger partial charge in [-0.25, -0.2) is 0 Å². The van der Waals surface area contributed by atoms with E-state index in [0.29, 0.717) is 17.2 Å². The third-order valence-corrected chi connectivity index (χ3v) is 4.82. The van der Waals surface area contributed by atoms with Crippen LogP contribution in [0.2, 0.25) is 0 Å². The van der Waals surface area contributed by atoms with Crippen LogP contribution in [-0.2, 0) is 4.79 Å². The molecule has 126 valence electrons. The summed E-state index contributed by atoms with van der Waals surface area (Å²) < 4.78 is 0. The number of halogens is 2. The maximum atomic E-state index is 12.2. The summed E-state index contributed by atoms with van der Waals surface area (Å²) in [7, 11) is 0. The Morgan fingerprint density at radius 2 is 1.90 bits per heavy atom. The van der Waals surface area contributed by atoms with E-state index in [-0.39, 0.29) is 24.8 Å². The van der Waals surface area contributed by atoms with Crippen LogP contribution >= 0.6 is 24.8 Å². The highest BCUT2D eigenvalue weighted by atomic mass is 35.5. The summed E-state index contributed by atoms with van der Waals surface area (Å²) in [5.74, 6) is 0.602. The molecule has 1 atom stereocenters. The number of carbonyl (C=O) groups excluding carboxylic acids is 1. The van der Waals surface area contributed by atoms with Gasteiger partial charge in [0.15, 0.2) is 0 Å². The number of carbonyl (C=O) groups is 1. The number of hydrogen-bond acceptors (Lipinski definition) is 3. The molecule has 1 spiro atoms. The lowest BCUT2D eigenvalue weighted by atomic mass is 9.92. The molecule has 0 radical (unpaired) electrons. The molecule has 1 saturated carbocycles. The Labute approximate surface area is 141 Å². The molecule has 2 aliphatic rings. The molecule has 6 heteroatoms. The van der Waals surface area contributed by atoms with Crippen molar-refractivity contribution in [3.05, 3.63) is 0 Å². The lowest BCUT2D eigenvalue weighted by Crippen LogP contribution is -2.38. The Bertz CT molecular complexity index is 309. The van der Waals surface area contributed by atoms with E-state index in [2.05, 4.69) is 29.4 Å². The van der Waals surface area contributed by atoms with Gasteiger partial charge >= 0.3 is 0 Å². The van der Waals surface area contributed by atoms with E-state index in [1.807, 2.05) is 0 Å². The Balaban J connectivity index is 0.00000200. The van der Waals surface area contributed by atoms with E-state index in [1.54, 1.807) is 0 Å². The van der Waals surface area contributed by atoms with Crippen LogP contribution in [0.5, 0.6) is 0 Å². The van der Waals surface area contributed by atoms with Crippen molar-refractivity contribution in [3.8, 4) is 0 Å². The van der Waals surface area contributed by atoms with E-state index >= 15 is 0 Å². The minimum absolute atomic E-state index is 0. The number of rotatable bonds is 7. The molecule has 1 heterocycles. The Kier molecular flexibility index (Phi) is 9.87. The van der Waals surface area contributed by atoms with Gasteiger partial charge in [-0.3, -0.25) is 4.79 Å². The lowest BCUT2D eigenvalue weighted by molar-refractivity contribution is -0.123. The van der Waals surface area contributed by atoms with Crippen LogP contribution in [-0.4, -0.2) is 50.1 Å². The van der Waals surface area contributed by atoms with Gasteiger partial charge in [0.1, 0.15) is 0 Å². The second kappa shape index (κ2) is 9.88. The average Bonchev–Trinajstić information content (AvgIpc) is 3.12. The van der Waals surface area contributed by atoms with Crippen molar-refractivity contribution < 1.29 is 4.79 Å². The third-order valence-electron chi connectivity index (χ3n) is 4.82. The number of piperidine rings is 1. The minimum Gasteiger partial charge on any atom is -0.355 e. The monoisotopic (exact) mass is 339 g/mol. The van der Waals surface area contributed by atoms with Crippen LogP contribution in [0, 0.1) is 11.3 Å². The molecule has 0 bridgehead atoms. The Morgan fingerprint density at radius 1 is 1.24 bits per heavy atom.